The van der Waals surface area contributed by atoms with Crippen molar-refractivity contribution in [2.75, 3.05) is 13.2 Å². The van der Waals surface area contributed by atoms with Crippen molar-refractivity contribution < 1.29 is 18.1 Å². The number of hydrogen-bond acceptors (Lipinski definition) is 4. The second kappa shape index (κ2) is 10.0. The zero-order chi connectivity index (χ0) is 21.7. The van der Waals surface area contributed by atoms with Crippen LogP contribution < -0.4 is 0 Å². The van der Waals surface area contributed by atoms with Crippen molar-refractivity contribution in [3.05, 3.63) is 0 Å². The van der Waals surface area contributed by atoms with E-state index < -0.39 is 22.6 Å². The minimum absolute atomic E-state index is 0.0743. The van der Waals surface area contributed by atoms with Gasteiger partial charge in [0.05, 0.1) is 0 Å². The van der Waals surface area contributed by atoms with Crippen LogP contribution in [0.3, 0.4) is 0 Å². The van der Waals surface area contributed by atoms with Crippen LogP contribution in [0.15, 0.2) is 0 Å². The van der Waals surface area contributed by atoms with Crippen LogP contribution in [0.5, 0.6) is 0 Å². The number of carbonyl (C=O) groups is 1. The summed E-state index contributed by atoms with van der Waals surface area (Å²) >= 11 is 0. The lowest BCUT2D eigenvalue weighted by Gasteiger charge is -2.54. The molecule has 0 heterocycles. The smallest absolute Gasteiger partial charge is 0.402 e. The summed E-state index contributed by atoms with van der Waals surface area (Å²) in [6, 6.07) is 0. The van der Waals surface area contributed by atoms with Crippen molar-refractivity contribution in [2.45, 2.75) is 117 Å². The zero-order valence-corrected chi connectivity index (χ0v) is 22.0. The highest BCUT2D eigenvalue weighted by Crippen LogP contribution is 2.59. The van der Waals surface area contributed by atoms with Crippen LogP contribution >= 0.6 is 0 Å². The highest BCUT2D eigenvalue weighted by molar-refractivity contribution is 6.82. The lowest BCUT2D eigenvalue weighted by Crippen LogP contribution is -2.60. The molecule has 0 saturated heterocycles. The van der Waals surface area contributed by atoms with E-state index in [1.807, 2.05) is 27.7 Å². The van der Waals surface area contributed by atoms with E-state index in [0.29, 0.717) is 25.2 Å². The Kier molecular flexibility index (Phi) is 9.97. The maximum absolute atomic E-state index is 13.7. The molecule has 27 heavy (non-hydrogen) atoms. The first-order valence-corrected chi connectivity index (χ1v) is 13.9. The van der Waals surface area contributed by atoms with Crippen LogP contribution in [0, 0.1) is 0 Å². The van der Waals surface area contributed by atoms with E-state index in [9.17, 15) is 4.79 Å². The van der Waals surface area contributed by atoms with E-state index in [4.69, 9.17) is 13.3 Å². The Labute approximate surface area is 171 Å². The molecule has 0 aromatic rings. The Morgan fingerprint density at radius 2 is 1.30 bits per heavy atom. The van der Waals surface area contributed by atoms with Crippen molar-refractivity contribution in [1.82, 2.24) is 0 Å². The summed E-state index contributed by atoms with van der Waals surface area (Å²) in [6.07, 6.45) is 1.66. The van der Waals surface area contributed by atoms with Gasteiger partial charge in [0, 0.05) is 13.2 Å². The molecule has 0 rings (SSSR count). The van der Waals surface area contributed by atoms with Crippen molar-refractivity contribution in [1.29, 1.82) is 0 Å². The Bertz CT molecular complexity index is 448. The SMILES string of the molecule is CCO[Si](OCC)C(C)(CC)C(=O)O[Si](C(C)CC)(C(C)(C)C)C(C)(C)C. The second-order valence-electron chi connectivity index (χ2n) is 9.77. The van der Waals surface area contributed by atoms with Crippen LogP contribution in [0.2, 0.25) is 20.7 Å². The highest BCUT2D eigenvalue weighted by atomic mass is 28.4. The van der Waals surface area contributed by atoms with Gasteiger partial charge < -0.3 is 13.3 Å². The zero-order valence-electron chi connectivity index (χ0n) is 20.0. The van der Waals surface area contributed by atoms with Gasteiger partial charge in [-0.3, -0.25) is 4.79 Å². The van der Waals surface area contributed by atoms with E-state index in [1.165, 1.54) is 0 Å². The first kappa shape index (κ1) is 26.8. The minimum Gasteiger partial charge on any atom is -0.517 e. The molecule has 2 unspecified atom stereocenters. The van der Waals surface area contributed by atoms with Crippen LogP contribution in [0.25, 0.3) is 0 Å². The molecule has 0 amide bonds. The lowest BCUT2D eigenvalue weighted by molar-refractivity contribution is -0.140. The summed E-state index contributed by atoms with van der Waals surface area (Å²) in [5.41, 5.74) is 0.359. The van der Waals surface area contributed by atoms with E-state index in [-0.39, 0.29) is 16.0 Å². The van der Waals surface area contributed by atoms with Crippen LogP contribution in [0.4, 0.5) is 0 Å². The number of carbonyl (C=O) groups excluding carboxylic acids is 1. The van der Waals surface area contributed by atoms with Crippen molar-refractivity contribution >= 4 is 23.6 Å². The van der Waals surface area contributed by atoms with Gasteiger partial charge >= 0.3 is 9.28 Å². The Balaban J connectivity index is 6.27. The molecule has 0 aliphatic heterocycles. The molecule has 0 N–H and O–H groups in total. The van der Waals surface area contributed by atoms with Crippen LogP contribution in [-0.4, -0.2) is 36.8 Å². The minimum atomic E-state index is -2.53. The molecule has 0 spiro atoms. The molecule has 161 valence electrons. The van der Waals surface area contributed by atoms with Gasteiger partial charge in [-0.2, -0.15) is 0 Å². The summed E-state index contributed by atoms with van der Waals surface area (Å²) in [5, 5.41) is -0.872. The fourth-order valence-corrected chi connectivity index (χ4v) is 13.5. The molecular formula is C21H45O4Si2. The predicted octanol–water partition coefficient (Wildman–Crippen LogP) is 6.61. The Morgan fingerprint density at radius 3 is 1.56 bits per heavy atom. The molecule has 0 aromatic carbocycles. The van der Waals surface area contributed by atoms with Crippen molar-refractivity contribution in [2.24, 2.45) is 0 Å². The molecule has 1 radical (unpaired) electrons. The average molecular weight is 418 g/mol. The van der Waals surface area contributed by atoms with Gasteiger partial charge in [0.15, 0.2) is 0 Å². The van der Waals surface area contributed by atoms with Crippen LogP contribution in [-0.2, 0) is 18.1 Å². The van der Waals surface area contributed by atoms with E-state index in [2.05, 4.69) is 55.4 Å². The van der Waals surface area contributed by atoms with Crippen LogP contribution in [0.1, 0.15) is 95.9 Å². The molecule has 2 atom stereocenters. The predicted molar refractivity (Wildman–Crippen MR) is 119 cm³/mol. The molecule has 0 fully saturated rings. The first-order valence-electron chi connectivity index (χ1n) is 10.6. The van der Waals surface area contributed by atoms with Gasteiger partial charge in [-0.25, -0.2) is 0 Å². The van der Waals surface area contributed by atoms with E-state index >= 15 is 0 Å². The topological polar surface area (TPSA) is 44.8 Å². The first-order chi connectivity index (χ1) is 12.2. The standard InChI is InChI=1S/C21H45O4Si2/c1-13-17(5)27(19(6,7)8,20(9,10)11)25-18(22)21(12,14-2)26(23-15-3)24-16-4/h17H,13-16H2,1-12H3. The number of hydrogen-bond donors (Lipinski definition) is 0. The Morgan fingerprint density at radius 1 is 0.889 bits per heavy atom. The van der Waals surface area contributed by atoms with Gasteiger partial charge in [-0.1, -0.05) is 68.7 Å². The molecule has 0 saturated carbocycles. The summed E-state index contributed by atoms with van der Waals surface area (Å²) in [4.78, 5) is 13.7. The highest BCUT2D eigenvalue weighted by Gasteiger charge is 2.62. The normalized spacial score (nSPS) is 16.9. The van der Waals surface area contributed by atoms with Gasteiger partial charge in [0.2, 0.25) is 0 Å². The Hall–Kier alpha value is -0.176. The maximum Gasteiger partial charge on any atom is 0.402 e. The summed E-state index contributed by atoms with van der Waals surface area (Å²) in [7, 11) is -4.31. The molecule has 0 bridgehead atoms. The summed E-state index contributed by atoms with van der Waals surface area (Å²) in [6.45, 7) is 26.9. The summed E-state index contributed by atoms with van der Waals surface area (Å²) < 4.78 is 18.6. The van der Waals surface area contributed by atoms with Gasteiger partial charge in [-0.15, -0.1) is 0 Å². The van der Waals surface area contributed by atoms with E-state index in [1.54, 1.807) is 0 Å². The monoisotopic (exact) mass is 417 g/mol. The van der Waals surface area contributed by atoms with Gasteiger partial charge in [-0.05, 0) is 42.8 Å². The third-order valence-corrected chi connectivity index (χ3v) is 15.3. The average Bonchev–Trinajstić information content (AvgIpc) is 2.55. The number of rotatable bonds is 10. The largest absolute Gasteiger partial charge is 0.517 e. The molecule has 0 aromatic heterocycles. The summed E-state index contributed by atoms with van der Waals surface area (Å²) in [5.74, 6) is -0.127. The third kappa shape index (κ3) is 5.46. The molecule has 4 nitrogen and oxygen atoms in total. The fraction of sp³-hybridized carbons (Fsp3) is 0.952. The van der Waals surface area contributed by atoms with Crippen molar-refractivity contribution in [3.63, 3.8) is 0 Å². The van der Waals surface area contributed by atoms with Gasteiger partial charge in [0.25, 0.3) is 14.3 Å². The second-order valence-corrected chi connectivity index (χ2v) is 17.7. The lowest BCUT2D eigenvalue weighted by atomic mass is 10.1. The molecular weight excluding hydrogens is 372 g/mol. The van der Waals surface area contributed by atoms with E-state index in [0.717, 1.165) is 6.42 Å². The quantitative estimate of drug-likeness (QED) is 0.375. The molecule has 6 heteroatoms. The van der Waals surface area contributed by atoms with Crippen molar-refractivity contribution in [3.8, 4) is 0 Å². The van der Waals surface area contributed by atoms with Gasteiger partial charge in [0.1, 0.15) is 5.04 Å². The fourth-order valence-electron chi connectivity index (χ4n) is 4.55. The molecule has 0 aliphatic carbocycles. The molecule has 0 aliphatic rings. The third-order valence-electron chi connectivity index (χ3n) is 5.95. The maximum atomic E-state index is 13.7.